The number of carbonyl (C=O) groups is 1. The van der Waals surface area contributed by atoms with Crippen LogP contribution < -0.4 is 9.64 Å². The number of fused-ring (bicyclic) bond motifs is 2. The molecular weight excluding hydrogens is 500 g/mol. The summed E-state index contributed by atoms with van der Waals surface area (Å²) in [5.41, 5.74) is 2.22. The number of piperidine rings is 1. The lowest BCUT2D eigenvalue weighted by atomic mass is 9.76. The average molecular weight is 526 g/mol. The maximum atomic E-state index is 13.6. The highest BCUT2D eigenvalue weighted by atomic mass is 32.1. The van der Waals surface area contributed by atoms with Crippen LogP contribution in [0.5, 0.6) is 11.5 Å². The van der Waals surface area contributed by atoms with Gasteiger partial charge >= 0.3 is 6.61 Å². The SMILES string of the molecule is O=C1[C@@H]2CC=CC[C@@H]2C(c2ccc(OC(F)F)c(O)c2)=NN1C1CCN(c2ncnc3ccsc23)CC1. The van der Waals surface area contributed by atoms with E-state index in [-0.39, 0.29) is 35.3 Å². The number of aromatic nitrogens is 2. The number of hydrogen-bond acceptors (Lipinski definition) is 8. The number of halogens is 2. The van der Waals surface area contributed by atoms with Gasteiger partial charge < -0.3 is 14.7 Å². The molecule has 1 aromatic carbocycles. The Morgan fingerprint density at radius 1 is 1.08 bits per heavy atom. The minimum absolute atomic E-state index is 0.0149. The van der Waals surface area contributed by atoms with Crippen LogP contribution in [-0.2, 0) is 4.79 Å². The predicted octanol–water partition coefficient (Wildman–Crippen LogP) is 4.80. The number of anilines is 1. The van der Waals surface area contributed by atoms with Crippen molar-refractivity contribution < 1.29 is 23.4 Å². The van der Waals surface area contributed by atoms with Crippen LogP contribution in [0.2, 0.25) is 0 Å². The van der Waals surface area contributed by atoms with Gasteiger partial charge in [-0.2, -0.15) is 13.9 Å². The first-order valence-electron chi connectivity index (χ1n) is 12.3. The molecule has 1 fully saturated rings. The van der Waals surface area contributed by atoms with Crippen molar-refractivity contribution in [2.75, 3.05) is 18.0 Å². The van der Waals surface area contributed by atoms with Gasteiger partial charge in [-0.05, 0) is 55.3 Å². The second-order valence-electron chi connectivity index (χ2n) is 9.44. The Morgan fingerprint density at radius 2 is 1.86 bits per heavy atom. The number of amides is 1. The van der Waals surface area contributed by atoms with Crippen LogP contribution in [0.25, 0.3) is 10.2 Å². The number of alkyl halides is 2. The topological polar surface area (TPSA) is 91.2 Å². The van der Waals surface area contributed by atoms with Crippen LogP contribution in [0.4, 0.5) is 14.6 Å². The molecule has 4 heterocycles. The largest absolute Gasteiger partial charge is 0.504 e. The molecule has 0 spiro atoms. The average Bonchev–Trinajstić information content (AvgIpc) is 3.40. The van der Waals surface area contributed by atoms with Gasteiger partial charge in [-0.25, -0.2) is 15.0 Å². The number of benzene rings is 1. The third-order valence-corrected chi connectivity index (χ3v) is 8.25. The van der Waals surface area contributed by atoms with E-state index in [1.165, 1.54) is 12.1 Å². The van der Waals surface area contributed by atoms with E-state index in [1.54, 1.807) is 28.7 Å². The molecule has 1 saturated heterocycles. The maximum Gasteiger partial charge on any atom is 0.387 e. The normalized spacial score (nSPS) is 22.5. The Labute approximate surface area is 215 Å². The number of nitrogens with zero attached hydrogens (tertiary/aromatic N) is 5. The number of allylic oxidation sites excluding steroid dienone is 2. The summed E-state index contributed by atoms with van der Waals surface area (Å²) in [6, 6.07) is 6.24. The van der Waals surface area contributed by atoms with Gasteiger partial charge in [0.2, 0.25) is 5.91 Å². The maximum absolute atomic E-state index is 13.6. The van der Waals surface area contributed by atoms with Crippen molar-refractivity contribution in [2.24, 2.45) is 16.9 Å². The number of ether oxygens (including phenoxy) is 1. The fourth-order valence-electron chi connectivity index (χ4n) is 5.53. The molecule has 0 bridgehead atoms. The van der Waals surface area contributed by atoms with Gasteiger partial charge in [0.25, 0.3) is 0 Å². The molecule has 0 saturated carbocycles. The molecular formula is C26H25F2N5O3S. The Hall–Kier alpha value is -3.60. The molecule has 3 aliphatic rings. The monoisotopic (exact) mass is 525 g/mol. The molecule has 1 aliphatic carbocycles. The summed E-state index contributed by atoms with van der Waals surface area (Å²) in [7, 11) is 0. The summed E-state index contributed by atoms with van der Waals surface area (Å²) in [4.78, 5) is 24.7. The summed E-state index contributed by atoms with van der Waals surface area (Å²) >= 11 is 1.62. The second kappa shape index (κ2) is 9.70. The summed E-state index contributed by atoms with van der Waals surface area (Å²) in [6.45, 7) is -1.57. The molecule has 0 unspecified atom stereocenters. The summed E-state index contributed by atoms with van der Waals surface area (Å²) in [5.74, 6) is -0.122. The lowest BCUT2D eigenvalue weighted by Crippen LogP contribution is -2.52. The third kappa shape index (κ3) is 4.41. The van der Waals surface area contributed by atoms with E-state index in [4.69, 9.17) is 5.10 Å². The van der Waals surface area contributed by atoms with Crippen LogP contribution >= 0.6 is 11.3 Å². The fraction of sp³-hybridized carbons (Fsp3) is 0.385. The van der Waals surface area contributed by atoms with Crippen LogP contribution in [0, 0.1) is 11.8 Å². The Morgan fingerprint density at radius 3 is 2.62 bits per heavy atom. The van der Waals surface area contributed by atoms with E-state index in [2.05, 4.69) is 19.6 Å². The number of hydrazone groups is 1. The summed E-state index contributed by atoms with van der Waals surface area (Å²) in [6.07, 6.45) is 8.40. The van der Waals surface area contributed by atoms with Crippen molar-refractivity contribution >= 4 is 39.0 Å². The zero-order chi connectivity index (χ0) is 25.5. The molecule has 3 aromatic rings. The number of rotatable bonds is 5. The van der Waals surface area contributed by atoms with Crippen LogP contribution in [0.15, 0.2) is 53.2 Å². The number of phenols is 1. The highest BCUT2D eigenvalue weighted by molar-refractivity contribution is 7.17. The zero-order valence-electron chi connectivity index (χ0n) is 19.8. The van der Waals surface area contributed by atoms with Crippen molar-refractivity contribution in [3.63, 3.8) is 0 Å². The van der Waals surface area contributed by atoms with Gasteiger partial charge in [0.15, 0.2) is 11.5 Å². The highest BCUT2D eigenvalue weighted by Gasteiger charge is 2.43. The predicted molar refractivity (Wildman–Crippen MR) is 136 cm³/mol. The summed E-state index contributed by atoms with van der Waals surface area (Å²) in [5, 5.41) is 18.8. The van der Waals surface area contributed by atoms with E-state index >= 15 is 0 Å². The van der Waals surface area contributed by atoms with Crippen molar-refractivity contribution in [3.05, 3.63) is 53.7 Å². The van der Waals surface area contributed by atoms with Gasteiger partial charge in [0.05, 0.1) is 27.9 Å². The molecule has 6 rings (SSSR count). The van der Waals surface area contributed by atoms with Crippen molar-refractivity contribution in [1.82, 2.24) is 15.0 Å². The Balaban J connectivity index is 1.27. The van der Waals surface area contributed by atoms with E-state index < -0.39 is 6.61 Å². The first-order valence-corrected chi connectivity index (χ1v) is 13.2. The molecule has 192 valence electrons. The zero-order valence-corrected chi connectivity index (χ0v) is 20.7. The standard InChI is InChI=1S/C26H25F2N5O3S/c27-26(28)36-21-6-5-15(13-20(21)34)22-17-3-1-2-4-18(17)25(35)33(31-22)16-7-10-32(11-8-16)24-23-19(9-12-37-23)29-14-30-24/h1-2,5-6,9,12-14,16-18,26,34H,3-4,7-8,10-11H2/t17-,18+/m0/s1. The van der Waals surface area contributed by atoms with E-state index in [9.17, 15) is 18.7 Å². The van der Waals surface area contributed by atoms with E-state index in [1.807, 2.05) is 23.6 Å². The second-order valence-corrected chi connectivity index (χ2v) is 10.4. The van der Waals surface area contributed by atoms with Crippen molar-refractivity contribution in [3.8, 4) is 11.5 Å². The summed E-state index contributed by atoms with van der Waals surface area (Å²) < 4.78 is 30.8. The molecule has 8 nitrogen and oxygen atoms in total. The van der Waals surface area contributed by atoms with Crippen LogP contribution in [0.1, 0.15) is 31.2 Å². The number of phenolic OH excluding ortho intramolecular Hbond substituents is 1. The molecule has 1 N–H and O–H groups in total. The minimum Gasteiger partial charge on any atom is -0.504 e. The van der Waals surface area contributed by atoms with Gasteiger partial charge in [0, 0.05) is 24.6 Å². The minimum atomic E-state index is -3.03. The quantitative estimate of drug-likeness (QED) is 0.482. The first-order chi connectivity index (χ1) is 18.0. The molecule has 2 atom stereocenters. The van der Waals surface area contributed by atoms with Gasteiger partial charge in [-0.15, -0.1) is 11.3 Å². The molecule has 0 radical (unpaired) electrons. The molecule has 11 heteroatoms. The van der Waals surface area contributed by atoms with Gasteiger partial charge in [0.1, 0.15) is 12.1 Å². The molecule has 2 aromatic heterocycles. The highest BCUT2D eigenvalue weighted by Crippen LogP contribution is 2.39. The van der Waals surface area contributed by atoms with Gasteiger partial charge in [-0.1, -0.05) is 12.2 Å². The third-order valence-electron chi connectivity index (χ3n) is 7.35. The molecule has 2 aliphatic heterocycles. The number of hydrogen-bond donors (Lipinski definition) is 1. The molecule has 1 amide bonds. The first kappa shape index (κ1) is 23.8. The number of aromatic hydroxyl groups is 1. The van der Waals surface area contributed by atoms with Crippen molar-refractivity contribution in [1.29, 1.82) is 0 Å². The van der Waals surface area contributed by atoms with E-state index in [0.29, 0.717) is 24.1 Å². The molecule has 37 heavy (non-hydrogen) atoms. The lowest BCUT2D eigenvalue weighted by molar-refractivity contribution is -0.140. The fourth-order valence-corrected chi connectivity index (χ4v) is 6.39. The van der Waals surface area contributed by atoms with E-state index in [0.717, 1.165) is 42.0 Å². The van der Waals surface area contributed by atoms with Crippen LogP contribution in [-0.4, -0.2) is 57.4 Å². The number of thiophene rings is 1. The number of carbonyl (C=O) groups excluding carboxylic acids is 1. The van der Waals surface area contributed by atoms with Crippen molar-refractivity contribution in [2.45, 2.75) is 38.3 Å². The smallest absolute Gasteiger partial charge is 0.387 e. The Bertz CT molecular complexity index is 1390. The Kier molecular flexibility index (Phi) is 6.23. The lowest BCUT2D eigenvalue weighted by Gasteiger charge is -2.42. The van der Waals surface area contributed by atoms with Gasteiger partial charge in [-0.3, -0.25) is 4.79 Å². The van der Waals surface area contributed by atoms with Crippen LogP contribution in [0.3, 0.4) is 0 Å².